The highest BCUT2D eigenvalue weighted by Crippen LogP contribution is 2.04. The second kappa shape index (κ2) is 8.62. The van der Waals surface area contributed by atoms with Crippen LogP contribution in [0.3, 0.4) is 0 Å². The topological polar surface area (TPSA) is 20.3 Å². The first-order valence-electron chi connectivity index (χ1n) is 5.47. The molecular formula is C12H21NO. The molecule has 80 valence electrons. The SMILES string of the molecule is C#CCN(CC)C(=O)CCCCCC. The smallest absolute Gasteiger partial charge is 0.223 e. The summed E-state index contributed by atoms with van der Waals surface area (Å²) in [7, 11) is 0. The highest BCUT2D eigenvalue weighted by Gasteiger charge is 2.08. The number of carbonyl (C=O) groups excluding carboxylic acids is 1. The summed E-state index contributed by atoms with van der Waals surface area (Å²) in [5.74, 6) is 2.70. The first-order valence-corrected chi connectivity index (χ1v) is 5.47. The molecule has 0 saturated heterocycles. The summed E-state index contributed by atoms with van der Waals surface area (Å²) >= 11 is 0. The number of terminal acetylenes is 1. The van der Waals surface area contributed by atoms with E-state index in [9.17, 15) is 4.79 Å². The quantitative estimate of drug-likeness (QED) is 0.451. The van der Waals surface area contributed by atoms with E-state index in [4.69, 9.17) is 6.42 Å². The number of carbonyl (C=O) groups is 1. The average molecular weight is 195 g/mol. The summed E-state index contributed by atoms with van der Waals surface area (Å²) in [6.07, 6.45) is 10.4. The van der Waals surface area contributed by atoms with Crippen molar-refractivity contribution in [3.05, 3.63) is 0 Å². The van der Waals surface area contributed by atoms with E-state index in [2.05, 4.69) is 12.8 Å². The van der Waals surface area contributed by atoms with Gasteiger partial charge < -0.3 is 4.90 Å². The zero-order valence-electron chi connectivity index (χ0n) is 9.38. The van der Waals surface area contributed by atoms with Crippen molar-refractivity contribution in [1.82, 2.24) is 4.90 Å². The van der Waals surface area contributed by atoms with Crippen LogP contribution in [0.5, 0.6) is 0 Å². The van der Waals surface area contributed by atoms with Crippen LogP contribution in [-0.2, 0) is 4.79 Å². The zero-order chi connectivity index (χ0) is 10.8. The van der Waals surface area contributed by atoms with Crippen LogP contribution in [0.2, 0.25) is 0 Å². The highest BCUT2D eigenvalue weighted by molar-refractivity contribution is 5.76. The molecule has 0 saturated carbocycles. The largest absolute Gasteiger partial charge is 0.332 e. The Morgan fingerprint density at radius 1 is 1.29 bits per heavy atom. The molecule has 0 unspecified atom stereocenters. The normalized spacial score (nSPS) is 9.50. The van der Waals surface area contributed by atoms with Crippen molar-refractivity contribution in [3.63, 3.8) is 0 Å². The molecule has 2 heteroatoms. The minimum Gasteiger partial charge on any atom is -0.332 e. The van der Waals surface area contributed by atoms with Crippen molar-refractivity contribution in [2.24, 2.45) is 0 Å². The number of hydrogen-bond acceptors (Lipinski definition) is 1. The Balaban J connectivity index is 3.65. The third-order valence-electron chi connectivity index (χ3n) is 2.26. The molecule has 14 heavy (non-hydrogen) atoms. The summed E-state index contributed by atoms with van der Waals surface area (Å²) in [6.45, 7) is 5.29. The van der Waals surface area contributed by atoms with Crippen LogP contribution in [0, 0.1) is 12.3 Å². The fourth-order valence-corrected chi connectivity index (χ4v) is 1.35. The Labute approximate surface area is 87.7 Å². The number of amides is 1. The van der Waals surface area contributed by atoms with Crippen LogP contribution in [0.4, 0.5) is 0 Å². The maximum Gasteiger partial charge on any atom is 0.223 e. The first kappa shape index (κ1) is 13.0. The second-order valence-corrected chi connectivity index (χ2v) is 3.42. The first-order chi connectivity index (χ1) is 6.76. The molecule has 0 bridgehead atoms. The molecule has 0 spiro atoms. The monoisotopic (exact) mass is 195 g/mol. The molecule has 0 rings (SSSR count). The fraction of sp³-hybridized carbons (Fsp3) is 0.750. The maximum absolute atomic E-state index is 11.6. The van der Waals surface area contributed by atoms with E-state index in [0.29, 0.717) is 13.0 Å². The van der Waals surface area contributed by atoms with Gasteiger partial charge in [-0.05, 0) is 13.3 Å². The van der Waals surface area contributed by atoms with Gasteiger partial charge >= 0.3 is 0 Å². The van der Waals surface area contributed by atoms with Gasteiger partial charge in [0.2, 0.25) is 5.91 Å². The van der Waals surface area contributed by atoms with Crippen molar-refractivity contribution in [2.45, 2.75) is 46.0 Å². The van der Waals surface area contributed by atoms with Crippen LogP contribution < -0.4 is 0 Å². The van der Waals surface area contributed by atoms with Gasteiger partial charge in [0, 0.05) is 13.0 Å². The highest BCUT2D eigenvalue weighted by atomic mass is 16.2. The van der Waals surface area contributed by atoms with E-state index in [-0.39, 0.29) is 5.91 Å². The Bertz CT molecular complexity index is 193. The summed E-state index contributed by atoms with van der Waals surface area (Å²) in [5.41, 5.74) is 0. The van der Waals surface area contributed by atoms with Crippen molar-refractivity contribution in [3.8, 4) is 12.3 Å². The van der Waals surface area contributed by atoms with Crippen LogP contribution in [0.15, 0.2) is 0 Å². The lowest BCUT2D eigenvalue weighted by atomic mass is 10.1. The third-order valence-corrected chi connectivity index (χ3v) is 2.26. The van der Waals surface area contributed by atoms with E-state index >= 15 is 0 Å². The number of rotatable bonds is 7. The lowest BCUT2D eigenvalue weighted by Gasteiger charge is -2.17. The Hall–Kier alpha value is -0.970. The predicted octanol–water partition coefficient (Wildman–Crippen LogP) is 2.44. The number of hydrogen-bond donors (Lipinski definition) is 0. The molecule has 0 aliphatic carbocycles. The number of nitrogens with zero attached hydrogens (tertiary/aromatic N) is 1. The van der Waals surface area contributed by atoms with Gasteiger partial charge in [-0.1, -0.05) is 32.1 Å². The molecule has 0 atom stereocenters. The van der Waals surface area contributed by atoms with E-state index in [1.54, 1.807) is 4.90 Å². The van der Waals surface area contributed by atoms with Gasteiger partial charge in [0.25, 0.3) is 0 Å². The molecule has 0 aromatic rings. The fourth-order valence-electron chi connectivity index (χ4n) is 1.35. The van der Waals surface area contributed by atoms with Gasteiger partial charge in [-0.25, -0.2) is 0 Å². The van der Waals surface area contributed by atoms with Crippen LogP contribution >= 0.6 is 0 Å². The van der Waals surface area contributed by atoms with Gasteiger partial charge in [0.1, 0.15) is 0 Å². The lowest BCUT2D eigenvalue weighted by molar-refractivity contribution is -0.130. The van der Waals surface area contributed by atoms with E-state index in [0.717, 1.165) is 19.4 Å². The van der Waals surface area contributed by atoms with Gasteiger partial charge in [-0.2, -0.15) is 0 Å². The molecule has 0 aromatic heterocycles. The molecule has 0 radical (unpaired) electrons. The van der Waals surface area contributed by atoms with Crippen molar-refractivity contribution in [2.75, 3.05) is 13.1 Å². The van der Waals surface area contributed by atoms with Crippen molar-refractivity contribution < 1.29 is 4.79 Å². The van der Waals surface area contributed by atoms with Crippen LogP contribution in [-0.4, -0.2) is 23.9 Å². The minimum absolute atomic E-state index is 0.196. The molecule has 1 amide bonds. The maximum atomic E-state index is 11.6. The Morgan fingerprint density at radius 2 is 2.00 bits per heavy atom. The van der Waals surface area contributed by atoms with Crippen LogP contribution in [0.25, 0.3) is 0 Å². The lowest BCUT2D eigenvalue weighted by Crippen LogP contribution is -2.30. The zero-order valence-corrected chi connectivity index (χ0v) is 9.38. The van der Waals surface area contributed by atoms with Gasteiger partial charge in [-0.15, -0.1) is 6.42 Å². The molecular weight excluding hydrogens is 174 g/mol. The standard InChI is InChI=1S/C12H21NO/c1-4-7-8-9-10-12(14)13(6-3)11-5-2/h2H,4,6-11H2,1,3H3. The predicted molar refractivity (Wildman–Crippen MR) is 59.8 cm³/mol. The van der Waals surface area contributed by atoms with Crippen molar-refractivity contribution >= 4 is 5.91 Å². The van der Waals surface area contributed by atoms with E-state index < -0.39 is 0 Å². The minimum atomic E-state index is 0.196. The van der Waals surface area contributed by atoms with Gasteiger partial charge in [0.15, 0.2) is 0 Å². The summed E-state index contributed by atoms with van der Waals surface area (Å²) in [6, 6.07) is 0. The summed E-state index contributed by atoms with van der Waals surface area (Å²) in [4.78, 5) is 13.3. The second-order valence-electron chi connectivity index (χ2n) is 3.42. The molecule has 0 aliphatic rings. The number of unbranched alkanes of at least 4 members (excludes halogenated alkanes) is 3. The molecule has 0 fully saturated rings. The molecule has 0 aliphatic heterocycles. The Morgan fingerprint density at radius 3 is 2.50 bits per heavy atom. The summed E-state index contributed by atoms with van der Waals surface area (Å²) in [5, 5.41) is 0. The Kier molecular flexibility index (Phi) is 8.02. The molecule has 2 nitrogen and oxygen atoms in total. The van der Waals surface area contributed by atoms with E-state index in [1.165, 1.54) is 12.8 Å². The molecule has 0 N–H and O–H groups in total. The van der Waals surface area contributed by atoms with Crippen molar-refractivity contribution in [1.29, 1.82) is 0 Å². The van der Waals surface area contributed by atoms with E-state index in [1.807, 2.05) is 6.92 Å². The van der Waals surface area contributed by atoms with Gasteiger partial charge in [-0.3, -0.25) is 4.79 Å². The van der Waals surface area contributed by atoms with Gasteiger partial charge in [0.05, 0.1) is 6.54 Å². The molecule has 0 heterocycles. The third kappa shape index (κ3) is 5.64. The van der Waals surface area contributed by atoms with Crippen LogP contribution in [0.1, 0.15) is 46.0 Å². The summed E-state index contributed by atoms with van der Waals surface area (Å²) < 4.78 is 0. The average Bonchev–Trinajstić information content (AvgIpc) is 2.20. The molecule has 0 aromatic carbocycles.